The molecule has 0 atom stereocenters. The van der Waals surface area contributed by atoms with Crippen LogP contribution in [0.2, 0.25) is 5.02 Å². The van der Waals surface area contributed by atoms with Crippen LogP contribution in [0, 0.1) is 0 Å². The van der Waals surface area contributed by atoms with Gasteiger partial charge in [0.1, 0.15) is 12.3 Å². The molecule has 9 heteroatoms. The van der Waals surface area contributed by atoms with Gasteiger partial charge in [0, 0.05) is 29.4 Å². The van der Waals surface area contributed by atoms with Crippen molar-refractivity contribution in [3.63, 3.8) is 0 Å². The van der Waals surface area contributed by atoms with E-state index in [0.717, 1.165) is 16.8 Å². The lowest BCUT2D eigenvalue weighted by Crippen LogP contribution is -2.37. The smallest absolute Gasteiger partial charge is 0.264 e. The van der Waals surface area contributed by atoms with Crippen LogP contribution in [0.15, 0.2) is 103 Å². The van der Waals surface area contributed by atoms with Gasteiger partial charge >= 0.3 is 0 Å². The molecule has 7 nitrogen and oxygen atoms in total. The molecule has 0 fully saturated rings. The highest BCUT2D eigenvalue weighted by Crippen LogP contribution is 2.27. The molecule has 0 spiro atoms. The van der Waals surface area contributed by atoms with Crippen molar-refractivity contribution < 1.29 is 14.3 Å². The van der Waals surface area contributed by atoms with Gasteiger partial charge in [-0.3, -0.25) is 19.5 Å². The van der Waals surface area contributed by atoms with E-state index in [9.17, 15) is 9.59 Å². The number of carbonyl (C=O) groups is 2. The van der Waals surface area contributed by atoms with Crippen molar-refractivity contribution in [2.24, 2.45) is 0 Å². The summed E-state index contributed by atoms with van der Waals surface area (Å²) in [7, 11) is 1.60. The van der Waals surface area contributed by atoms with Crippen LogP contribution in [0.25, 0.3) is 16.9 Å². The Bertz CT molecular complexity index is 1570. The number of hydrogen-bond acceptors (Lipinski definition) is 5. The van der Waals surface area contributed by atoms with Crippen LogP contribution in [-0.2, 0) is 11.3 Å². The van der Waals surface area contributed by atoms with Crippen LogP contribution >= 0.6 is 22.9 Å². The lowest BCUT2D eigenvalue weighted by molar-refractivity contribution is -0.117. The molecule has 0 aliphatic rings. The maximum absolute atomic E-state index is 13.4. The number of anilines is 1. The van der Waals surface area contributed by atoms with Gasteiger partial charge in [-0.25, -0.2) is 4.98 Å². The molecule has 3 aromatic carbocycles. The molecule has 39 heavy (non-hydrogen) atoms. The minimum atomic E-state index is -0.367. The summed E-state index contributed by atoms with van der Waals surface area (Å²) >= 11 is 7.42. The van der Waals surface area contributed by atoms with Gasteiger partial charge in [-0.05, 0) is 41.3 Å². The third-order valence-electron chi connectivity index (χ3n) is 6.00. The second-order valence-corrected chi connectivity index (χ2v) is 10.1. The van der Waals surface area contributed by atoms with Crippen LogP contribution in [0.4, 0.5) is 5.95 Å². The monoisotopic (exact) mass is 556 g/mol. The molecule has 5 aromatic rings. The zero-order valence-electron chi connectivity index (χ0n) is 21.1. The van der Waals surface area contributed by atoms with E-state index in [4.69, 9.17) is 21.3 Å². The molecule has 1 N–H and O–H groups in total. The van der Waals surface area contributed by atoms with Crippen molar-refractivity contribution >= 4 is 40.7 Å². The molecule has 5 rings (SSSR count). The van der Waals surface area contributed by atoms with Crippen molar-refractivity contribution in [2.45, 2.75) is 6.54 Å². The second-order valence-electron chi connectivity index (χ2n) is 8.70. The first-order valence-electron chi connectivity index (χ1n) is 12.2. The quantitative estimate of drug-likeness (QED) is 0.223. The summed E-state index contributed by atoms with van der Waals surface area (Å²) in [5, 5.41) is 5.38. The van der Waals surface area contributed by atoms with Gasteiger partial charge in [0.2, 0.25) is 11.9 Å². The van der Waals surface area contributed by atoms with Gasteiger partial charge in [-0.2, -0.15) is 0 Å². The molecule has 0 unspecified atom stereocenters. The maximum Gasteiger partial charge on any atom is 0.264 e. The summed E-state index contributed by atoms with van der Waals surface area (Å²) in [5.41, 5.74) is 3.18. The lowest BCUT2D eigenvalue weighted by atomic mass is 10.2. The van der Waals surface area contributed by atoms with E-state index in [1.54, 1.807) is 29.9 Å². The summed E-state index contributed by atoms with van der Waals surface area (Å²) in [5.74, 6) is 0.416. The number of imidazole rings is 1. The van der Waals surface area contributed by atoms with Crippen LogP contribution in [0.1, 0.15) is 15.2 Å². The zero-order chi connectivity index (χ0) is 27.2. The summed E-state index contributed by atoms with van der Waals surface area (Å²) in [4.78, 5) is 33.5. The number of ether oxygens (including phenoxy) is 1. The Morgan fingerprint density at radius 3 is 2.51 bits per heavy atom. The van der Waals surface area contributed by atoms with Crippen molar-refractivity contribution in [3.05, 3.63) is 118 Å². The zero-order valence-corrected chi connectivity index (χ0v) is 22.7. The van der Waals surface area contributed by atoms with E-state index >= 15 is 0 Å². The van der Waals surface area contributed by atoms with Crippen molar-refractivity contribution in [1.29, 1.82) is 0 Å². The molecular weight excluding hydrogens is 532 g/mol. The van der Waals surface area contributed by atoms with Gasteiger partial charge < -0.3 is 9.64 Å². The third-order valence-corrected chi connectivity index (χ3v) is 7.11. The van der Waals surface area contributed by atoms with Gasteiger partial charge in [0.15, 0.2) is 0 Å². The third kappa shape index (κ3) is 6.37. The standard InChI is InChI=1S/C30H25ClN4O3S/c1-38-25-10-5-9-24(17-25)35-19-26(22-12-14-23(31)15-13-22)32-30(35)33-28(36)20-34(18-21-7-3-2-4-8-21)29(37)27-11-6-16-39-27/h2-17,19H,18,20H2,1H3,(H,32,33,36). The predicted octanol–water partition coefficient (Wildman–Crippen LogP) is 6.54. The highest BCUT2D eigenvalue weighted by Gasteiger charge is 2.22. The second kappa shape index (κ2) is 12.0. The summed E-state index contributed by atoms with van der Waals surface area (Å²) in [6.07, 6.45) is 1.84. The molecule has 0 radical (unpaired) electrons. The Labute approximate surface area is 235 Å². The molecule has 196 valence electrons. The lowest BCUT2D eigenvalue weighted by Gasteiger charge is -2.22. The Hall–Kier alpha value is -4.40. The number of nitrogens with zero attached hydrogens (tertiary/aromatic N) is 3. The molecule has 2 aromatic heterocycles. The SMILES string of the molecule is COc1cccc(-n2cc(-c3ccc(Cl)cc3)nc2NC(=O)CN(Cc2ccccc2)C(=O)c2cccs2)c1. The van der Waals surface area contributed by atoms with Gasteiger partial charge in [0.05, 0.1) is 23.4 Å². The fourth-order valence-electron chi connectivity index (χ4n) is 4.08. The Kier molecular flexibility index (Phi) is 8.05. The first-order chi connectivity index (χ1) is 19.0. The molecule has 0 saturated carbocycles. The largest absolute Gasteiger partial charge is 0.497 e. The average Bonchev–Trinajstić information content (AvgIpc) is 3.64. The van der Waals surface area contributed by atoms with E-state index in [1.165, 1.54) is 16.2 Å². The molecular formula is C30H25ClN4O3S. The van der Waals surface area contributed by atoms with Crippen LogP contribution in [0.3, 0.4) is 0 Å². The van der Waals surface area contributed by atoms with E-state index < -0.39 is 0 Å². The molecule has 0 bridgehead atoms. The Balaban J connectivity index is 1.44. The predicted molar refractivity (Wildman–Crippen MR) is 155 cm³/mol. The van der Waals surface area contributed by atoms with E-state index in [1.807, 2.05) is 84.4 Å². The number of aromatic nitrogens is 2. The maximum atomic E-state index is 13.4. The Morgan fingerprint density at radius 1 is 1.00 bits per heavy atom. The van der Waals surface area contributed by atoms with Gasteiger partial charge in [-0.15, -0.1) is 11.3 Å². The van der Waals surface area contributed by atoms with Crippen LogP contribution < -0.4 is 10.1 Å². The van der Waals surface area contributed by atoms with E-state index in [0.29, 0.717) is 33.8 Å². The number of halogens is 1. The van der Waals surface area contributed by atoms with Crippen molar-refractivity contribution in [3.8, 4) is 22.7 Å². The number of amides is 2. The molecule has 2 heterocycles. The summed E-state index contributed by atoms with van der Waals surface area (Å²) < 4.78 is 7.18. The fourth-order valence-corrected chi connectivity index (χ4v) is 4.90. The molecule has 0 saturated heterocycles. The summed E-state index contributed by atoms with van der Waals surface area (Å²) in [6.45, 7) is 0.151. The fraction of sp³-hybridized carbons (Fsp3) is 0.100. The minimum Gasteiger partial charge on any atom is -0.497 e. The average molecular weight is 557 g/mol. The van der Waals surface area contributed by atoms with E-state index in [2.05, 4.69) is 5.32 Å². The number of methoxy groups -OCH3 is 1. The van der Waals surface area contributed by atoms with E-state index in [-0.39, 0.29) is 18.4 Å². The number of nitrogens with one attached hydrogen (secondary N) is 1. The minimum absolute atomic E-state index is 0.146. The number of hydrogen-bond donors (Lipinski definition) is 1. The molecule has 2 amide bonds. The first kappa shape index (κ1) is 26.2. The normalized spacial score (nSPS) is 10.7. The number of rotatable bonds is 9. The Morgan fingerprint density at radius 2 is 1.79 bits per heavy atom. The summed E-state index contributed by atoms with van der Waals surface area (Å²) in [6, 6.07) is 27.9. The van der Waals surface area contributed by atoms with Crippen LogP contribution in [-0.4, -0.2) is 39.9 Å². The highest BCUT2D eigenvalue weighted by atomic mass is 35.5. The topological polar surface area (TPSA) is 76.5 Å². The number of thiophene rings is 1. The van der Waals surface area contributed by atoms with Crippen LogP contribution in [0.5, 0.6) is 5.75 Å². The molecule has 0 aliphatic carbocycles. The highest BCUT2D eigenvalue weighted by molar-refractivity contribution is 7.12. The van der Waals surface area contributed by atoms with Gasteiger partial charge in [-0.1, -0.05) is 66.2 Å². The molecule has 0 aliphatic heterocycles. The first-order valence-corrected chi connectivity index (χ1v) is 13.4. The number of carbonyl (C=O) groups excluding carboxylic acids is 2. The van der Waals surface area contributed by atoms with Gasteiger partial charge in [0.25, 0.3) is 5.91 Å². The number of benzene rings is 3. The van der Waals surface area contributed by atoms with Crippen molar-refractivity contribution in [2.75, 3.05) is 19.0 Å². The van der Waals surface area contributed by atoms with Crippen molar-refractivity contribution in [1.82, 2.24) is 14.5 Å².